The Morgan fingerprint density at radius 2 is 1.96 bits per heavy atom. The summed E-state index contributed by atoms with van der Waals surface area (Å²) in [6.07, 6.45) is 0.207. The van der Waals surface area contributed by atoms with Gasteiger partial charge in [-0.1, -0.05) is 18.2 Å². The molecule has 0 aliphatic carbocycles. The molecule has 2 rings (SSSR count). The number of rotatable bonds is 6. The van der Waals surface area contributed by atoms with Gasteiger partial charge in [0.05, 0.1) is 12.5 Å². The Hall–Kier alpha value is -2.65. The lowest BCUT2D eigenvalue weighted by Gasteiger charge is -2.21. The van der Waals surface area contributed by atoms with Crippen molar-refractivity contribution in [3.63, 3.8) is 0 Å². The van der Waals surface area contributed by atoms with Gasteiger partial charge in [-0.25, -0.2) is 4.79 Å². The smallest absolute Gasteiger partial charge is 0.348 e. The van der Waals surface area contributed by atoms with E-state index in [0.717, 1.165) is 4.88 Å². The third kappa shape index (κ3) is 4.66. The van der Waals surface area contributed by atoms with Gasteiger partial charge in [0.2, 0.25) is 0 Å². The molecule has 0 radical (unpaired) electrons. The van der Waals surface area contributed by atoms with E-state index in [-0.39, 0.29) is 25.5 Å². The number of carbonyl (C=O) groups is 2. The van der Waals surface area contributed by atoms with Gasteiger partial charge in [-0.05, 0) is 31.2 Å². The van der Waals surface area contributed by atoms with Gasteiger partial charge in [-0.3, -0.25) is 4.79 Å². The minimum absolute atomic E-state index is 0.207. The van der Waals surface area contributed by atoms with Crippen LogP contribution in [0.4, 0.5) is 5.69 Å². The Bertz CT molecular complexity index is 719. The number of hydrogen-bond acceptors (Lipinski definition) is 5. The van der Waals surface area contributed by atoms with Gasteiger partial charge in [0.1, 0.15) is 4.88 Å². The number of para-hydroxylation sites is 1. The zero-order valence-electron chi connectivity index (χ0n) is 12.7. The van der Waals surface area contributed by atoms with Gasteiger partial charge in [-0.2, -0.15) is 5.26 Å². The number of carbonyl (C=O) groups excluding carboxylic acids is 2. The second kappa shape index (κ2) is 8.11. The molecule has 5 nitrogen and oxygen atoms in total. The first-order valence-corrected chi connectivity index (χ1v) is 7.89. The summed E-state index contributed by atoms with van der Waals surface area (Å²) >= 11 is 1.32. The van der Waals surface area contributed by atoms with E-state index in [1.807, 2.05) is 37.3 Å². The van der Waals surface area contributed by atoms with Crippen molar-refractivity contribution in [2.45, 2.75) is 13.3 Å². The lowest BCUT2D eigenvalue weighted by Crippen LogP contribution is -2.35. The number of nitrogens with zero attached hydrogens (tertiary/aromatic N) is 2. The van der Waals surface area contributed by atoms with E-state index in [1.165, 1.54) is 16.2 Å². The van der Waals surface area contributed by atoms with Crippen molar-refractivity contribution in [2.75, 3.05) is 18.1 Å². The molecule has 0 fully saturated rings. The molecular weight excluding hydrogens is 312 g/mol. The number of nitriles is 1. The molecule has 0 aliphatic heterocycles. The summed E-state index contributed by atoms with van der Waals surface area (Å²) < 4.78 is 5.08. The van der Waals surface area contributed by atoms with Gasteiger partial charge in [0, 0.05) is 17.1 Å². The second-order valence-corrected chi connectivity index (χ2v) is 6.06. The highest BCUT2D eigenvalue weighted by Gasteiger charge is 2.18. The first kappa shape index (κ1) is 16.7. The Morgan fingerprint density at radius 3 is 2.57 bits per heavy atom. The molecule has 1 aromatic carbocycles. The molecule has 0 unspecified atom stereocenters. The largest absolute Gasteiger partial charge is 0.451 e. The fourth-order valence-corrected chi connectivity index (χ4v) is 2.75. The summed E-state index contributed by atoms with van der Waals surface area (Å²) in [6, 6.07) is 14.5. The van der Waals surface area contributed by atoms with Crippen molar-refractivity contribution in [2.24, 2.45) is 0 Å². The number of anilines is 1. The van der Waals surface area contributed by atoms with Crippen LogP contribution in [0.25, 0.3) is 0 Å². The third-order valence-electron chi connectivity index (χ3n) is 3.08. The maximum Gasteiger partial charge on any atom is 0.348 e. The average molecular weight is 328 g/mol. The molecule has 0 saturated heterocycles. The summed E-state index contributed by atoms with van der Waals surface area (Å²) in [5.41, 5.74) is 0.677. The fraction of sp³-hybridized carbons (Fsp3) is 0.235. The SMILES string of the molecule is Cc1ccc(C(=O)OCC(=O)N(CCC#N)c2ccccc2)s1. The van der Waals surface area contributed by atoms with Crippen LogP contribution in [0.3, 0.4) is 0 Å². The van der Waals surface area contributed by atoms with E-state index in [4.69, 9.17) is 10.00 Å². The number of hydrogen-bond donors (Lipinski definition) is 0. The molecule has 2 aromatic rings. The van der Waals surface area contributed by atoms with Crippen LogP contribution in [0.5, 0.6) is 0 Å². The summed E-state index contributed by atoms with van der Waals surface area (Å²) in [5, 5.41) is 8.74. The average Bonchev–Trinajstić information content (AvgIpc) is 3.00. The standard InChI is InChI=1S/C17H16N2O3S/c1-13-8-9-15(23-13)17(21)22-12-16(20)19(11-5-10-18)14-6-3-2-4-7-14/h2-4,6-9H,5,11-12H2,1H3. The molecule has 0 bridgehead atoms. The van der Waals surface area contributed by atoms with Crippen molar-refractivity contribution < 1.29 is 14.3 Å². The normalized spacial score (nSPS) is 9.91. The van der Waals surface area contributed by atoms with Gasteiger partial charge >= 0.3 is 5.97 Å². The first-order valence-electron chi connectivity index (χ1n) is 7.07. The van der Waals surface area contributed by atoms with Gasteiger partial charge in [-0.15, -0.1) is 11.3 Å². The Labute approximate surface area is 138 Å². The van der Waals surface area contributed by atoms with Crippen molar-refractivity contribution in [3.8, 4) is 6.07 Å². The fourth-order valence-electron chi connectivity index (χ4n) is 1.99. The minimum atomic E-state index is -0.509. The van der Waals surface area contributed by atoms with Crippen LogP contribution in [0.1, 0.15) is 21.0 Å². The van der Waals surface area contributed by atoms with E-state index in [9.17, 15) is 9.59 Å². The highest BCUT2D eigenvalue weighted by molar-refractivity contribution is 7.13. The van der Waals surface area contributed by atoms with Crippen LogP contribution in [0.15, 0.2) is 42.5 Å². The van der Waals surface area contributed by atoms with Gasteiger partial charge in [0.15, 0.2) is 6.61 Å². The predicted octanol–water partition coefficient (Wildman–Crippen LogP) is 3.16. The van der Waals surface area contributed by atoms with Gasteiger partial charge < -0.3 is 9.64 Å². The van der Waals surface area contributed by atoms with Gasteiger partial charge in [0.25, 0.3) is 5.91 Å². The second-order valence-electron chi connectivity index (χ2n) is 4.78. The van der Waals surface area contributed by atoms with E-state index < -0.39 is 5.97 Å². The molecule has 1 aromatic heterocycles. The van der Waals surface area contributed by atoms with Crippen molar-refractivity contribution in [3.05, 3.63) is 52.2 Å². The molecule has 0 spiro atoms. The quantitative estimate of drug-likeness (QED) is 0.764. The molecular formula is C17H16N2O3S. The van der Waals surface area contributed by atoms with E-state index in [2.05, 4.69) is 0 Å². The molecule has 118 valence electrons. The Balaban J connectivity index is 2.00. The number of esters is 1. The highest BCUT2D eigenvalue weighted by atomic mass is 32.1. The van der Waals surface area contributed by atoms with Crippen molar-refractivity contribution in [1.29, 1.82) is 5.26 Å². The summed E-state index contributed by atoms with van der Waals surface area (Å²) in [5.74, 6) is -0.863. The highest BCUT2D eigenvalue weighted by Crippen LogP contribution is 2.17. The lowest BCUT2D eigenvalue weighted by molar-refractivity contribution is -0.121. The first-order chi connectivity index (χ1) is 11.1. The topological polar surface area (TPSA) is 70.4 Å². The number of benzene rings is 1. The van der Waals surface area contributed by atoms with E-state index in [1.54, 1.807) is 18.2 Å². The van der Waals surface area contributed by atoms with Crippen LogP contribution in [-0.2, 0) is 9.53 Å². The third-order valence-corrected chi connectivity index (χ3v) is 4.07. The van der Waals surface area contributed by atoms with Crippen LogP contribution < -0.4 is 4.90 Å². The van der Waals surface area contributed by atoms with Crippen LogP contribution in [0, 0.1) is 18.3 Å². The maximum absolute atomic E-state index is 12.3. The Kier molecular flexibility index (Phi) is 5.89. The maximum atomic E-state index is 12.3. The van der Waals surface area contributed by atoms with E-state index in [0.29, 0.717) is 10.6 Å². The van der Waals surface area contributed by atoms with Crippen LogP contribution in [-0.4, -0.2) is 25.0 Å². The number of aryl methyl sites for hydroxylation is 1. The lowest BCUT2D eigenvalue weighted by atomic mass is 10.2. The summed E-state index contributed by atoms with van der Waals surface area (Å²) in [7, 11) is 0. The molecule has 0 saturated carbocycles. The van der Waals surface area contributed by atoms with Crippen LogP contribution in [0.2, 0.25) is 0 Å². The Morgan fingerprint density at radius 1 is 1.22 bits per heavy atom. The monoisotopic (exact) mass is 328 g/mol. The van der Waals surface area contributed by atoms with Crippen LogP contribution >= 0.6 is 11.3 Å². The van der Waals surface area contributed by atoms with E-state index >= 15 is 0 Å². The molecule has 1 heterocycles. The van der Waals surface area contributed by atoms with Crippen molar-refractivity contribution >= 4 is 28.9 Å². The molecule has 0 N–H and O–H groups in total. The molecule has 0 atom stereocenters. The predicted molar refractivity (Wildman–Crippen MR) is 88.4 cm³/mol. The number of ether oxygens (including phenoxy) is 1. The minimum Gasteiger partial charge on any atom is -0.451 e. The molecule has 1 amide bonds. The zero-order valence-corrected chi connectivity index (χ0v) is 13.5. The summed E-state index contributed by atoms with van der Waals surface area (Å²) in [6.45, 7) is 1.80. The molecule has 6 heteroatoms. The number of amides is 1. The molecule has 0 aliphatic rings. The number of thiophene rings is 1. The molecule has 23 heavy (non-hydrogen) atoms. The van der Waals surface area contributed by atoms with Crippen molar-refractivity contribution in [1.82, 2.24) is 0 Å². The zero-order chi connectivity index (χ0) is 16.7. The summed E-state index contributed by atoms with van der Waals surface area (Å²) in [4.78, 5) is 27.2.